The number of hydrogen-bond acceptors (Lipinski definition) is 3. The van der Waals surface area contributed by atoms with E-state index in [-0.39, 0.29) is 6.61 Å². The van der Waals surface area contributed by atoms with E-state index in [9.17, 15) is 5.11 Å². The molecule has 0 aliphatic heterocycles. The Hall–Kier alpha value is -2.56. The number of hydrogen-bond donors (Lipinski definition) is 1. The average molecular weight is 339 g/mol. The second kappa shape index (κ2) is 6.15. The van der Waals surface area contributed by atoms with Gasteiger partial charge in [-0.1, -0.05) is 41.9 Å². The van der Waals surface area contributed by atoms with Gasteiger partial charge in [-0.15, -0.1) is 0 Å². The van der Waals surface area contributed by atoms with Gasteiger partial charge in [-0.25, -0.2) is 0 Å². The first kappa shape index (κ1) is 15.0. The van der Waals surface area contributed by atoms with Gasteiger partial charge in [0.2, 0.25) is 0 Å². The summed E-state index contributed by atoms with van der Waals surface area (Å²) in [6.07, 6.45) is 1.58. The number of fused-ring (bicyclic) bond motifs is 1. The fourth-order valence-electron chi connectivity index (χ4n) is 2.85. The molecule has 4 nitrogen and oxygen atoms in total. The minimum atomic E-state index is -0.0792. The molecule has 0 amide bonds. The van der Waals surface area contributed by atoms with Crippen LogP contribution in [-0.4, -0.2) is 14.9 Å². The molecule has 2 aromatic carbocycles. The number of aromatic nitrogens is 2. The Morgan fingerprint density at radius 2 is 1.83 bits per heavy atom. The van der Waals surface area contributed by atoms with Gasteiger partial charge in [0.15, 0.2) is 5.76 Å². The first-order chi connectivity index (χ1) is 11.8. The molecule has 24 heavy (non-hydrogen) atoms. The number of aliphatic hydroxyl groups excluding tert-OH is 1. The number of furan rings is 1. The smallest absolute Gasteiger partial charge is 0.160 e. The normalized spacial score (nSPS) is 11.2. The third kappa shape index (κ3) is 2.60. The van der Waals surface area contributed by atoms with Gasteiger partial charge in [-0.3, -0.25) is 4.68 Å². The van der Waals surface area contributed by atoms with Crippen molar-refractivity contribution in [1.29, 1.82) is 0 Å². The molecule has 0 bridgehead atoms. The molecule has 0 radical (unpaired) electrons. The molecule has 1 N–H and O–H groups in total. The summed E-state index contributed by atoms with van der Waals surface area (Å²) in [5, 5.41) is 16.0. The summed E-state index contributed by atoms with van der Waals surface area (Å²) < 4.78 is 7.52. The summed E-state index contributed by atoms with van der Waals surface area (Å²) in [5.41, 5.74) is 3.61. The predicted molar refractivity (Wildman–Crippen MR) is 93.9 cm³/mol. The fraction of sp³-hybridized carbons (Fsp3) is 0.105. The van der Waals surface area contributed by atoms with Crippen molar-refractivity contribution >= 4 is 22.5 Å². The van der Waals surface area contributed by atoms with Crippen molar-refractivity contribution in [1.82, 2.24) is 9.78 Å². The van der Waals surface area contributed by atoms with Gasteiger partial charge in [0, 0.05) is 16.0 Å². The molecule has 4 rings (SSSR count). The Balaban J connectivity index is 1.83. The zero-order valence-corrected chi connectivity index (χ0v) is 13.6. The van der Waals surface area contributed by atoms with Crippen LogP contribution in [0.5, 0.6) is 0 Å². The summed E-state index contributed by atoms with van der Waals surface area (Å²) in [6.45, 7) is 0.553. The second-order valence-corrected chi connectivity index (χ2v) is 6.02. The molecule has 2 aromatic heterocycles. The number of aliphatic hydroxyl groups is 1. The highest BCUT2D eigenvalue weighted by molar-refractivity contribution is 6.30. The molecular formula is C19H15ClN2O2. The molecule has 2 heterocycles. The second-order valence-electron chi connectivity index (χ2n) is 5.58. The van der Waals surface area contributed by atoms with Crippen LogP contribution in [-0.2, 0) is 13.2 Å². The van der Waals surface area contributed by atoms with Gasteiger partial charge in [-0.2, -0.15) is 5.10 Å². The highest BCUT2D eigenvalue weighted by atomic mass is 35.5. The van der Waals surface area contributed by atoms with E-state index in [1.54, 1.807) is 12.3 Å². The SMILES string of the molecule is OCc1ccoc1-c1nn(Cc2ccc(Cl)cc2)c2ccccc12. The number of halogens is 1. The van der Waals surface area contributed by atoms with Crippen LogP contribution in [0.25, 0.3) is 22.4 Å². The monoisotopic (exact) mass is 338 g/mol. The fourth-order valence-corrected chi connectivity index (χ4v) is 2.97. The first-order valence-corrected chi connectivity index (χ1v) is 8.01. The van der Waals surface area contributed by atoms with Crippen molar-refractivity contribution in [3.63, 3.8) is 0 Å². The van der Waals surface area contributed by atoms with Crippen LogP contribution < -0.4 is 0 Å². The lowest BCUT2D eigenvalue weighted by Gasteiger charge is -2.04. The average Bonchev–Trinajstić information content (AvgIpc) is 3.21. The number of nitrogens with zero attached hydrogens (tertiary/aromatic N) is 2. The van der Waals surface area contributed by atoms with E-state index in [0.717, 1.165) is 27.7 Å². The highest BCUT2D eigenvalue weighted by Crippen LogP contribution is 2.31. The maximum atomic E-state index is 9.50. The van der Waals surface area contributed by atoms with E-state index >= 15 is 0 Å². The lowest BCUT2D eigenvalue weighted by atomic mass is 10.1. The Morgan fingerprint density at radius 1 is 1.04 bits per heavy atom. The third-order valence-electron chi connectivity index (χ3n) is 4.04. The number of para-hydroxylation sites is 1. The van der Waals surface area contributed by atoms with E-state index in [2.05, 4.69) is 0 Å². The van der Waals surface area contributed by atoms with Crippen LogP contribution in [0, 0.1) is 0 Å². The quantitative estimate of drug-likeness (QED) is 0.596. The number of rotatable bonds is 4. The molecule has 4 aromatic rings. The molecule has 0 aliphatic rings. The van der Waals surface area contributed by atoms with E-state index in [1.165, 1.54) is 0 Å². The van der Waals surface area contributed by atoms with Gasteiger partial charge >= 0.3 is 0 Å². The number of benzene rings is 2. The van der Waals surface area contributed by atoms with Crippen molar-refractivity contribution in [2.45, 2.75) is 13.2 Å². The molecule has 0 saturated carbocycles. The molecule has 0 aliphatic carbocycles. The zero-order valence-electron chi connectivity index (χ0n) is 12.8. The first-order valence-electron chi connectivity index (χ1n) is 7.64. The summed E-state index contributed by atoms with van der Waals surface area (Å²) in [6, 6.07) is 17.5. The topological polar surface area (TPSA) is 51.2 Å². The molecule has 120 valence electrons. The molecule has 0 saturated heterocycles. The maximum absolute atomic E-state index is 9.50. The van der Waals surface area contributed by atoms with Crippen LogP contribution in [0.3, 0.4) is 0 Å². The molecule has 5 heteroatoms. The summed E-state index contributed by atoms with van der Waals surface area (Å²) in [7, 11) is 0. The molecule has 0 unspecified atom stereocenters. The Bertz CT molecular complexity index is 986. The van der Waals surface area contributed by atoms with Gasteiger partial charge < -0.3 is 9.52 Å². The van der Waals surface area contributed by atoms with E-state index in [0.29, 0.717) is 17.3 Å². The van der Waals surface area contributed by atoms with Crippen LogP contribution >= 0.6 is 11.6 Å². The summed E-state index contributed by atoms with van der Waals surface area (Å²) >= 11 is 5.96. The summed E-state index contributed by atoms with van der Waals surface area (Å²) in [4.78, 5) is 0. The summed E-state index contributed by atoms with van der Waals surface area (Å²) in [5.74, 6) is 0.614. The Morgan fingerprint density at radius 3 is 2.62 bits per heavy atom. The van der Waals surface area contributed by atoms with Crippen molar-refractivity contribution in [3.8, 4) is 11.5 Å². The van der Waals surface area contributed by atoms with E-state index in [1.807, 2.05) is 53.2 Å². The van der Waals surface area contributed by atoms with E-state index < -0.39 is 0 Å². The lowest BCUT2D eigenvalue weighted by molar-refractivity contribution is 0.281. The van der Waals surface area contributed by atoms with Crippen molar-refractivity contribution < 1.29 is 9.52 Å². The molecule has 0 fully saturated rings. The van der Waals surface area contributed by atoms with Crippen LogP contribution in [0.4, 0.5) is 0 Å². The minimum Gasteiger partial charge on any atom is -0.462 e. The van der Waals surface area contributed by atoms with Crippen LogP contribution in [0.15, 0.2) is 65.3 Å². The lowest BCUT2D eigenvalue weighted by Crippen LogP contribution is -2.01. The molecule has 0 atom stereocenters. The minimum absolute atomic E-state index is 0.0792. The van der Waals surface area contributed by atoms with Gasteiger partial charge in [-0.05, 0) is 29.8 Å². The Kier molecular flexibility index (Phi) is 3.84. The van der Waals surface area contributed by atoms with Crippen molar-refractivity contribution in [3.05, 3.63) is 77.0 Å². The van der Waals surface area contributed by atoms with E-state index in [4.69, 9.17) is 21.1 Å². The van der Waals surface area contributed by atoms with Crippen molar-refractivity contribution in [2.24, 2.45) is 0 Å². The van der Waals surface area contributed by atoms with Gasteiger partial charge in [0.25, 0.3) is 0 Å². The maximum Gasteiger partial charge on any atom is 0.160 e. The zero-order chi connectivity index (χ0) is 16.5. The van der Waals surface area contributed by atoms with Crippen molar-refractivity contribution in [2.75, 3.05) is 0 Å². The van der Waals surface area contributed by atoms with Gasteiger partial charge in [0.05, 0.1) is 24.9 Å². The largest absolute Gasteiger partial charge is 0.462 e. The molecular weight excluding hydrogens is 324 g/mol. The molecule has 0 spiro atoms. The van der Waals surface area contributed by atoms with Crippen LogP contribution in [0.1, 0.15) is 11.1 Å². The van der Waals surface area contributed by atoms with Crippen LogP contribution in [0.2, 0.25) is 5.02 Å². The standard InChI is InChI=1S/C19H15ClN2O2/c20-15-7-5-13(6-8-15)11-22-17-4-2-1-3-16(17)18(21-22)19-14(12-23)9-10-24-19/h1-10,23H,11-12H2. The third-order valence-corrected chi connectivity index (χ3v) is 4.29. The predicted octanol–water partition coefficient (Wildman–Crippen LogP) is 4.49. The Labute approximate surface area is 143 Å². The van der Waals surface area contributed by atoms with Gasteiger partial charge in [0.1, 0.15) is 5.69 Å². The highest BCUT2D eigenvalue weighted by Gasteiger charge is 2.17.